The van der Waals surface area contributed by atoms with E-state index in [1.165, 1.54) is 0 Å². The maximum atomic E-state index is 12.0. The summed E-state index contributed by atoms with van der Waals surface area (Å²) in [5, 5.41) is -0.286. The topological polar surface area (TPSA) is 37.4 Å². The van der Waals surface area contributed by atoms with Gasteiger partial charge in [-0.25, -0.2) is 8.42 Å². The van der Waals surface area contributed by atoms with Gasteiger partial charge in [-0.15, -0.1) is 0 Å². The molecule has 1 rings (SSSR count). The first-order valence-electron chi connectivity index (χ1n) is 5.06. The largest absolute Gasteiger partial charge is 0.216 e. The SMILES string of the molecule is CC(C)S(=O)(=O)N1CCCCC1CI. The van der Waals surface area contributed by atoms with E-state index in [0.717, 1.165) is 23.7 Å². The number of hydrogen-bond donors (Lipinski definition) is 0. The van der Waals surface area contributed by atoms with Gasteiger partial charge in [0.15, 0.2) is 0 Å². The predicted molar refractivity (Wildman–Crippen MR) is 67.3 cm³/mol. The molecule has 1 aliphatic rings. The fourth-order valence-corrected chi connectivity index (χ4v) is 4.44. The van der Waals surface area contributed by atoms with Crippen LogP contribution < -0.4 is 0 Å². The van der Waals surface area contributed by atoms with Crippen LogP contribution >= 0.6 is 22.6 Å². The highest BCUT2D eigenvalue weighted by atomic mass is 127. The average Bonchev–Trinajstić information content (AvgIpc) is 2.17. The Balaban J connectivity index is 2.83. The van der Waals surface area contributed by atoms with Crippen molar-refractivity contribution in [2.24, 2.45) is 0 Å². The maximum Gasteiger partial charge on any atom is 0.216 e. The quantitative estimate of drug-likeness (QED) is 0.586. The van der Waals surface area contributed by atoms with Crippen LogP contribution in [-0.2, 0) is 10.0 Å². The van der Waals surface area contributed by atoms with Gasteiger partial charge in [0.2, 0.25) is 10.0 Å². The fourth-order valence-electron chi connectivity index (χ4n) is 1.73. The molecule has 1 saturated heterocycles. The molecule has 0 saturated carbocycles. The van der Waals surface area contributed by atoms with Crippen molar-refractivity contribution >= 4 is 32.6 Å². The molecule has 3 nitrogen and oxygen atoms in total. The van der Waals surface area contributed by atoms with E-state index in [1.807, 2.05) is 0 Å². The molecule has 0 aromatic heterocycles. The first-order chi connectivity index (χ1) is 6.50. The molecule has 0 aromatic rings. The van der Waals surface area contributed by atoms with Crippen molar-refractivity contribution in [3.8, 4) is 0 Å². The van der Waals surface area contributed by atoms with E-state index in [9.17, 15) is 8.42 Å². The first kappa shape index (κ1) is 12.7. The van der Waals surface area contributed by atoms with E-state index in [-0.39, 0.29) is 11.3 Å². The highest BCUT2D eigenvalue weighted by Crippen LogP contribution is 2.23. The zero-order chi connectivity index (χ0) is 10.8. The molecule has 0 N–H and O–H groups in total. The standard InChI is InChI=1S/C9H18INO2S/c1-8(2)14(12,13)11-6-4-3-5-9(11)7-10/h8-9H,3-7H2,1-2H3. The number of nitrogens with zero attached hydrogens (tertiary/aromatic N) is 1. The lowest BCUT2D eigenvalue weighted by molar-refractivity contribution is 0.273. The molecule has 0 amide bonds. The van der Waals surface area contributed by atoms with Crippen molar-refractivity contribution in [3.63, 3.8) is 0 Å². The van der Waals surface area contributed by atoms with Crippen LogP contribution in [0, 0.1) is 0 Å². The number of piperidine rings is 1. The van der Waals surface area contributed by atoms with Gasteiger partial charge in [0, 0.05) is 17.0 Å². The first-order valence-corrected chi connectivity index (χ1v) is 8.09. The lowest BCUT2D eigenvalue weighted by Crippen LogP contribution is -2.47. The van der Waals surface area contributed by atoms with Crippen LogP contribution in [0.1, 0.15) is 33.1 Å². The normalized spacial score (nSPS) is 25.6. The van der Waals surface area contributed by atoms with Gasteiger partial charge in [-0.3, -0.25) is 0 Å². The smallest absolute Gasteiger partial charge is 0.212 e. The minimum Gasteiger partial charge on any atom is -0.212 e. The molecule has 1 unspecified atom stereocenters. The van der Waals surface area contributed by atoms with Gasteiger partial charge in [-0.2, -0.15) is 4.31 Å². The van der Waals surface area contributed by atoms with Crippen LogP contribution in [0.4, 0.5) is 0 Å². The van der Waals surface area contributed by atoms with E-state index in [4.69, 9.17) is 0 Å². The Bertz CT molecular complexity index is 277. The Hall–Kier alpha value is 0.640. The summed E-state index contributed by atoms with van der Waals surface area (Å²) in [6.45, 7) is 4.23. The molecule has 0 aliphatic carbocycles. The molecule has 5 heteroatoms. The molecule has 0 aromatic carbocycles. The lowest BCUT2D eigenvalue weighted by Gasteiger charge is -2.34. The molecule has 14 heavy (non-hydrogen) atoms. The van der Waals surface area contributed by atoms with Crippen molar-refractivity contribution < 1.29 is 8.42 Å². The third-order valence-electron chi connectivity index (χ3n) is 2.67. The molecule has 84 valence electrons. The lowest BCUT2D eigenvalue weighted by atomic mass is 10.1. The second-order valence-corrected chi connectivity index (χ2v) is 7.33. The summed E-state index contributed by atoms with van der Waals surface area (Å²) in [5.41, 5.74) is 0. The zero-order valence-corrected chi connectivity index (χ0v) is 11.7. The Morgan fingerprint density at radius 1 is 1.43 bits per heavy atom. The van der Waals surface area contributed by atoms with Crippen LogP contribution in [-0.4, -0.2) is 35.0 Å². The van der Waals surface area contributed by atoms with Gasteiger partial charge in [0.25, 0.3) is 0 Å². The summed E-state index contributed by atoms with van der Waals surface area (Å²) < 4.78 is 26.6. The summed E-state index contributed by atoms with van der Waals surface area (Å²) >= 11 is 2.28. The molecule has 1 atom stereocenters. The summed E-state index contributed by atoms with van der Waals surface area (Å²) in [6, 6.07) is 0.233. The molecular formula is C9H18INO2S. The fraction of sp³-hybridized carbons (Fsp3) is 1.00. The number of alkyl halides is 1. The number of rotatable bonds is 3. The van der Waals surface area contributed by atoms with Crippen molar-refractivity contribution in [1.29, 1.82) is 0 Å². The molecular weight excluding hydrogens is 313 g/mol. The van der Waals surface area contributed by atoms with Gasteiger partial charge in [-0.05, 0) is 26.7 Å². The van der Waals surface area contributed by atoms with Crippen molar-refractivity contribution in [2.75, 3.05) is 11.0 Å². The summed E-state index contributed by atoms with van der Waals surface area (Å²) in [7, 11) is -3.03. The van der Waals surface area contributed by atoms with Crippen LogP contribution in [0.25, 0.3) is 0 Å². The summed E-state index contributed by atoms with van der Waals surface area (Å²) in [4.78, 5) is 0. The number of halogens is 1. The minimum absolute atomic E-state index is 0.233. The van der Waals surface area contributed by atoms with E-state index >= 15 is 0 Å². The maximum absolute atomic E-state index is 12.0. The van der Waals surface area contributed by atoms with Crippen LogP contribution in [0.15, 0.2) is 0 Å². The van der Waals surface area contributed by atoms with Crippen LogP contribution in [0.2, 0.25) is 0 Å². The molecule has 0 bridgehead atoms. The van der Waals surface area contributed by atoms with Gasteiger partial charge in [0.05, 0.1) is 5.25 Å². The van der Waals surface area contributed by atoms with Crippen LogP contribution in [0.3, 0.4) is 0 Å². The highest BCUT2D eigenvalue weighted by molar-refractivity contribution is 14.1. The number of hydrogen-bond acceptors (Lipinski definition) is 2. The third kappa shape index (κ3) is 2.61. The van der Waals surface area contributed by atoms with Gasteiger partial charge in [0.1, 0.15) is 0 Å². The van der Waals surface area contributed by atoms with E-state index in [2.05, 4.69) is 22.6 Å². The van der Waals surface area contributed by atoms with Crippen molar-refractivity contribution in [1.82, 2.24) is 4.31 Å². The second kappa shape index (κ2) is 5.12. The van der Waals surface area contributed by atoms with Crippen molar-refractivity contribution in [3.05, 3.63) is 0 Å². The van der Waals surface area contributed by atoms with Crippen molar-refractivity contribution in [2.45, 2.75) is 44.4 Å². The van der Waals surface area contributed by atoms with Gasteiger partial charge < -0.3 is 0 Å². The van der Waals surface area contributed by atoms with Gasteiger partial charge >= 0.3 is 0 Å². The molecule has 1 fully saturated rings. The highest BCUT2D eigenvalue weighted by Gasteiger charge is 2.33. The average molecular weight is 331 g/mol. The Kier molecular flexibility index (Phi) is 4.64. The van der Waals surface area contributed by atoms with Gasteiger partial charge in [-0.1, -0.05) is 29.0 Å². The van der Waals surface area contributed by atoms with E-state index < -0.39 is 10.0 Å². The Morgan fingerprint density at radius 3 is 2.57 bits per heavy atom. The third-order valence-corrected chi connectivity index (χ3v) is 6.02. The van der Waals surface area contributed by atoms with Crippen LogP contribution in [0.5, 0.6) is 0 Å². The molecule has 1 heterocycles. The zero-order valence-electron chi connectivity index (χ0n) is 8.74. The monoisotopic (exact) mass is 331 g/mol. The van der Waals surface area contributed by atoms with E-state index in [0.29, 0.717) is 6.54 Å². The Morgan fingerprint density at radius 2 is 2.07 bits per heavy atom. The summed E-state index contributed by atoms with van der Waals surface area (Å²) in [6.07, 6.45) is 3.20. The Labute approximate surface area is 100 Å². The molecule has 0 radical (unpaired) electrons. The minimum atomic E-state index is -3.03. The molecule has 0 spiro atoms. The van der Waals surface area contributed by atoms with E-state index in [1.54, 1.807) is 18.2 Å². The second-order valence-electron chi connectivity index (χ2n) is 4.01. The molecule has 1 aliphatic heterocycles. The summed E-state index contributed by atoms with van der Waals surface area (Å²) in [5.74, 6) is 0. The number of sulfonamides is 1. The predicted octanol–water partition coefficient (Wildman–Crippen LogP) is 2.01.